The van der Waals surface area contributed by atoms with Crippen molar-refractivity contribution >= 4 is 0 Å². The lowest BCUT2D eigenvalue weighted by Crippen LogP contribution is -2.44. The monoisotopic (exact) mass is 344 g/mol. The fraction of sp³-hybridized carbons (Fsp3) is 0.368. The second kappa shape index (κ2) is 6.65. The third-order valence-corrected chi connectivity index (χ3v) is 4.68. The van der Waals surface area contributed by atoms with E-state index in [1.807, 2.05) is 42.5 Å². The lowest BCUT2D eigenvalue weighted by atomic mass is 9.92. The molecule has 2 heterocycles. The Morgan fingerprint density at radius 2 is 1.72 bits per heavy atom. The summed E-state index contributed by atoms with van der Waals surface area (Å²) < 4.78 is 16.5. The van der Waals surface area contributed by atoms with Gasteiger partial charge in [-0.05, 0) is 34.9 Å². The summed E-state index contributed by atoms with van der Waals surface area (Å²) in [6.45, 7) is -0.0575. The number of aliphatic hydroxyl groups excluding tert-OH is 3. The van der Waals surface area contributed by atoms with Crippen LogP contribution in [-0.4, -0.2) is 47.0 Å². The second-order valence-corrected chi connectivity index (χ2v) is 6.34. The Labute approximate surface area is 145 Å². The summed E-state index contributed by atoms with van der Waals surface area (Å²) in [5, 5.41) is 29.5. The first-order valence-electron chi connectivity index (χ1n) is 8.28. The van der Waals surface area contributed by atoms with Crippen molar-refractivity contribution in [2.45, 2.75) is 30.8 Å². The molecule has 2 aliphatic heterocycles. The molecule has 1 saturated heterocycles. The quantitative estimate of drug-likeness (QED) is 0.784. The van der Waals surface area contributed by atoms with E-state index in [-0.39, 0.29) is 19.8 Å². The van der Waals surface area contributed by atoms with E-state index in [1.54, 1.807) is 0 Å². The molecule has 2 aromatic carbocycles. The number of fused-ring (bicyclic) bond motifs is 1. The fourth-order valence-corrected chi connectivity index (χ4v) is 3.33. The van der Waals surface area contributed by atoms with Gasteiger partial charge >= 0.3 is 0 Å². The maximum atomic E-state index is 10.3. The summed E-state index contributed by atoms with van der Waals surface area (Å²) in [5.74, 6) is 1.44. The molecular formula is C19H20O6. The summed E-state index contributed by atoms with van der Waals surface area (Å²) in [6, 6.07) is 13.4. The minimum atomic E-state index is -0.867. The van der Waals surface area contributed by atoms with Crippen LogP contribution in [0.2, 0.25) is 0 Å². The van der Waals surface area contributed by atoms with E-state index in [0.29, 0.717) is 5.75 Å². The van der Waals surface area contributed by atoms with Gasteiger partial charge in [0.25, 0.3) is 0 Å². The van der Waals surface area contributed by atoms with Gasteiger partial charge in [-0.3, -0.25) is 0 Å². The first-order chi connectivity index (χ1) is 12.2. The van der Waals surface area contributed by atoms with Crippen LogP contribution in [0.4, 0.5) is 0 Å². The molecule has 132 valence electrons. The standard InChI is InChI=1S/C19H20O6/c20-9-18-14(21)8-15(22)19(25-18)13-3-1-2-11(6-13)12-4-5-16-17(7-12)24-10-23-16/h1-7,14-15,18-22H,8-10H2/t14-,15-,18+,19+/m0/s1. The van der Waals surface area contributed by atoms with Gasteiger partial charge in [0.1, 0.15) is 12.2 Å². The van der Waals surface area contributed by atoms with Crippen LogP contribution in [0.15, 0.2) is 42.5 Å². The molecule has 1 fully saturated rings. The molecule has 6 nitrogen and oxygen atoms in total. The zero-order valence-corrected chi connectivity index (χ0v) is 13.5. The van der Waals surface area contributed by atoms with E-state index < -0.39 is 24.4 Å². The molecule has 0 saturated carbocycles. The molecule has 0 spiro atoms. The normalized spacial score (nSPS) is 28.1. The molecule has 2 aliphatic rings. The molecule has 6 heteroatoms. The van der Waals surface area contributed by atoms with Crippen LogP contribution >= 0.6 is 0 Å². The zero-order valence-electron chi connectivity index (χ0n) is 13.5. The summed E-state index contributed by atoms with van der Waals surface area (Å²) in [6.07, 6.45) is -2.81. The van der Waals surface area contributed by atoms with Crippen molar-refractivity contribution in [1.29, 1.82) is 0 Å². The number of hydrogen-bond donors (Lipinski definition) is 3. The first-order valence-corrected chi connectivity index (χ1v) is 8.28. The summed E-state index contributed by atoms with van der Waals surface area (Å²) in [7, 11) is 0. The molecule has 0 amide bonds. The lowest BCUT2D eigenvalue weighted by Gasteiger charge is -2.36. The highest BCUT2D eigenvalue weighted by Crippen LogP contribution is 2.38. The van der Waals surface area contributed by atoms with E-state index in [4.69, 9.17) is 14.2 Å². The van der Waals surface area contributed by atoms with Crippen LogP contribution in [0.1, 0.15) is 18.1 Å². The largest absolute Gasteiger partial charge is 0.454 e. The van der Waals surface area contributed by atoms with Crippen molar-refractivity contribution in [2.75, 3.05) is 13.4 Å². The Morgan fingerprint density at radius 1 is 0.920 bits per heavy atom. The average molecular weight is 344 g/mol. The molecule has 2 aromatic rings. The van der Waals surface area contributed by atoms with Crippen molar-refractivity contribution in [1.82, 2.24) is 0 Å². The van der Waals surface area contributed by atoms with Crippen LogP contribution < -0.4 is 9.47 Å². The van der Waals surface area contributed by atoms with Crippen LogP contribution in [-0.2, 0) is 4.74 Å². The molecule has 0 unspecified atom stereocenters. The molecule has 0 aromatic heterocycles. The molecule has 0 bridgehead atoms. The van der Waals surface area contributed by atoms with E-state index in [2.05, 4.69) is 0 Å². The van der Waals surface area contributed by atoms with Crippen LogP contribution in [0.3, 0.4) is 0 Å². The number of benzene rings is 2. The summed E-state index contributed by atoms with van der Waals surface area (Å²) >= 11 is 0. The van der Waals surface area contributed by atoms with Crippen molar-refractivity contribution < 1.29 is 29.5 Å². The predicted octanol–water partition coefficient (Wildman–Crippen LogP) is 1.63. The number of hydrogen-bond acceptors (Lipinski definition) is 6. The zero-order chi connectivity index (χ0) is 17.4. The average Bonchev–Trinajstić information content (AvgIpc) is 3.09. The molecule has 0 aliphatic carbocycles. The Bertz CT molecular complexity index is 761. The minimum Gasteiger partial charge on any atom is -0.454 e. The number of rotatable bonds is 3. The van der Waals surface area contributed by atoms with Crippen molar-refractivity contribution in [3.8, 4) is 22.6 Å². The second-order valence-electron chi connectivity index (χ2n) is 6.34. The number of aliphatic hydroxyl groups is 3. The fourth-order valence-electron chi connectivity index (χ4n) is 3.33. The third kappa shape index (κ3) is 3.09. The van der Waals surface area contributed by atoms with Crippen LogP contribution in [0.25, 0.3) is 11.1 Å². The maximum Gasteiger partial charge on any atom is 0.231 e. The molecule has 0 radical (unpaired) electrons. The smallest absolute Gasteiger partial charge is 0.231 e. The van der Waals surface area contributed by atoms with E-state index in [1.165, 1.54) is 0 Å². The summed E-state index contributed by atoms with van der Waals surface area (Å²) in [5.41, 5.74) is 2.72. The summed E-state index contributed by atoms with van der Waals surface area (Å²) in [4.78, 5) is 0. The Hall–Kier alpha value is -2.12. The highest BCUT2D eigenvalue weighted by molar-refractivity contribution is 5.68. The van der Waals surface area contributed by atoms with Gasteiger partial charge in [0.2, 0.25) is 6.79 Å². The van der Waals surface area contributed by atoms with Gasteiger partial charge in [0.15, 0.2) is 11.5 Å². The molecule has 4 rings (SSSR count). The van der Waals surface area contributed by atoms with E-state index in [0.717, 1.165) is 22.4 Å². The molecule has 4 atom stereocenters. The van der Waals surface area contributed by atoms with Gasteiger partial charge in [-0.15, -0.1) is 0 Å². The van der Waals surface area contributed by atoms with Crippen LogP contribution in [0, 0.1) is 0 Å². The van der Waals surface area contributed by atoms with Gasteiger partial charge in [-0.25, -0.2) is 0 Å². The third-order valence-electron chi connectivity index (χ3n) is 4.68. The number of ether oxygens (including phenoxy) is 3. The maximum absolute atomic E-state index is 10.3. The van der Waals surface area contributed by atoms with Gasteiger partial charge in [0, 0.05) is 6.42 Å². The van der Waals surface area contributed by atoms with Crippen molar-refractivity contribution in [3.63, 3.8) is 0 Å². The minimum absolute atomic E-state index is 0.171. The predicted molar refractivity (Wildman–Crippen MR) is 89.3 cm³/mol. The van der Waals surface area contributed by atoms with Crippen molar-refractivity contribution in [2.24, 2.45) is 0 Å². The highest BCUT2D eigenvalue weighted by atomic mass is 16.7. The van der Waals surface area contributed by atoms with E-state index >= 15 is 0 Å². The topological polar surface area (TPSA) is 88.4 Å². The lowest BCUT2D eigenvalue weighted by molar-refractivity contribution is -0.181. The first kappa shape index (κ1) is 16.4. The van der Waals surface area contributed by atoms with Crippen LogP contribution in [0.5, 0.6) is 11.5 Å². The van der Waals surface area contributed by atoms with Crippen molar-refractivity contribution in [3.05, 3.63) is 48.0 Å². The molecular weight excluding hydrogens is 324 g/mol. The van der Waals surface area contributed by atoms with E-state index in [9.17, 15) is 15.3 Å². The molecule has 3 N–H and O–H groups in total. The Kier molecular flexibility index (Phi) is 4.35. The van der Waals surface area contributed by atoms with Gasteiger partial charge in [-0.1, -0.05) is 24.3 Å². The SMILES string of the molecule is OC[C@H]1O[C@H](c2cccc(-c3ccc4c(c3)OCO4)c2)[C@@H](O)C[C@@H]1O. The highest BCUT2D eigenvalue weighted by Gasteiger charge is 2.36. The molecule has 25 heavy (non-hydrogen) atoms. The van der Waals surface area contributed by atoms with Gasteiger partial charge < -0.3 is 29.5 Å². The Morgan fingerprint density at radius 3 is 2.56 bits per heavy atom. The van der Waals surface area contributed by atoms with Gasteiger partial charge in [0.05, 0.1) is 18.8 Å². The van der Waals surface area contributed by atoms with Gasteiger partial charge in [-0.2, -0.15) is 0 Å². The Balaban J connectivity index is 1.63.